The van der Waals surface area contributed by atoms with Crippen molar-refractivity contribution in [1.29, 1.82) is 0 Å². The van der Waals surface area contributed by atoms with Crippen LogP contribution in [-0.4, -0.2) is 17.8 Å². The number of nitrogens with zero attached hydrogens (tertiary/aromatic N) is 2. The van der Waals surface area contributed by atoms with Crippen LogP contribution < -0.4 is 4.90 Å². The van der Waals surface area contributed by atoms with Gasteiger partial charge < -0.3 is 4.90 Å². The van der Waals surface area contributed by atoms with Crippen molar-refractivity contribution < 1.29 is 0 Å². The quantitative estimate of drug-likeness (QED) is 0.567. The molecule has 0 aliphatic carbocycles. The molecule has 0 saturated heterocycles. The van der Waals surface area contributed by atoms with Gasteiger partial charge in [0.15, 0.2) is 0 Å². The van der Waals surface area contributed by atoms with E-state index in [9.17, 15) is 0 Å². The van der Waals surface area contributed by atoms with Crippen LogP contribution in [0.4, 0.5) is 11.4 Å². The molecule has 1 aliphatic heterocycles. The zero-order valence-electron chi connectivity index (χ0n) is 15.8. The second kappa shape index (κ2) is 6.84. The van der Waals surface area contributed by atoms with E-state index in [-0.39, 0.29) is 5.54 Å². The summed E-state index contributed by atoms with van der Waals surface area (Å²) in [6.45, 7) is 11.6. The SMILES string of the molecule is CC(C)N1c2ccc(C=Nc3ccc(Cl)cc3)cc2[C@@H](C)CC1(C)C. The maximum absolute atomic E-state index is 5.93. The summed E-state index contributed by atoms with van der Waals surface area (Å²) in [5.74, 6) is 0.545. The monoisotopic (exact) mass is 354 g/mol. The molecule has 0 bridgehead atoms. The average molecular weight is 355 g/mol. The summed E-state index contributed by atoms with van der Waals surface area (Å²) >= 11 is 5.93. The summed E-state index contributed by atoms with van der Waals surface area (Å²) in [5, 5.41) is 0.734. The number of benzene rings is 2. The van der Waals surface area contributed by atoms with Gasteiger partial charge in [0.25, 0.3) is 0 Å². The molecule has 3 rings (SSSR count). The first kappa shape index (κ1) is 18.0. The Kier molecular flexibility index (Phi) is 4.92. The van der Waals surface area contributed by atoms with Gasteiger partial charge in [-0.1, -0.05) is 24.6 Å². The zero-order chi connectivity index (χ0) is 18.2. The Hall–Kier alpha value is -1.80. The standard InChI is InChI=1S/C22H27ClN2/c1-15(2)25-21-11-6-17(12-20(21)16(3)13-22(25,4)5)14-24-19-9-7-18(23)8-10-19/h6-12,14-16H,13H2,1-5H3/t16-/m0/s1. The van der Waals surface area contributed by atoms with E-state index in [4.69, 9.17) is 11.6 Å². The highest BCUT2D eigenvalue weighted by Gasteiger charge is 2.37. The third-order valence-corrected chi connectivity index (χ3v) is 5.26. The van der Waals surface area contributed by atoms with Crippen LogP contribution in [0.15, 0.2) is 47.5 Å². The van der Waals surface area contributed by atoms with Gasteiger partial charge in [-0.3, -0.25) is 4.99 Å². The molecule has 25 heavy (non-hydrogen) atoms. The van der Waals surface area contributed by atoms with Gasteiger partial charge in [-0.2, -0.15) is 0 Å². The van der Waals surface area contributed by atoms with E-state index >= 15 is 0 Å². The number of rotatable bonds is 3. The van der Waals surface area contributed by atoms with Crippen LogP contribution in [-0.2, 0) is 0 Å². The lowest BCUT2D eigenvalue weighted by Gasteiger charge is -2.50. The van der Waals surface area contributed by atoms with Crippen LogP contribution in [0.3, 0.4) is 0 Å². The molecule has 132 valence electrons. The van der Waals surface area contributed by atoms with Gasteiger partial charge in [-0.25, -0.2) is 0 Å². The molecule has 1 heterocycles. The van der Waals surface area contributed by atoms with Crippen LogP contribution in [0.25, 0.3) is 0 Å². The fourth-order valence-electron chi connectivity index (χ4n) is 4.20. The zero-order valence-corrected chi connectivity index (χ0v) is 16.5. The Balaban J connectivity index is 1.93. The highest BCUT2D eigenvalue weighted by atomic mass is 35.5. The van der Waals surface area contributed by atoms with E-state index in [0.29, 0.717) is 12.0 Å². The molecular formula is C22H27ClN2. The lowest BCUT2D eigenvalue weighted by molar-refractivity contribution is 0.356. The van der Waals surface area contributed by atoms with Gasteiger partial charge >= 0.3 is 0 Å². The van der Waals surface area contributed by atoms with Crippen LogP contribution in [0.2, 0.25) is 5.02 Å². The van der Waals surface area contributed by atoms with Crippen molar-refractivity contribution >= 4 is 29.2 Å². The summed E-state index contributed by atoms with van der Waals surface area (Å²) in [7, 11) is 0. The number of halogens is 1. The summed E-state index contributed by atoms with van der Waals surface area (Å²) in [5.41, 5.74) is 5.03. The molecule has 2 nitrogen and oxygen atoms in total. The largest absolute Gasteiger partial charge is 0.364 e. The maximum atomic E-state index is 5.93. The number of aliphatic imine (C=N–C) groups is 1. The van der Waals surface area contributed by atoms with Crippen molar-refractivity contribution in [3.05, 3.63) is 58.6 Å². The molecular weight excluding hydrogens is 328 g/mol. The van der Waals surface area contributed by atoms with Crippen molar-refractivity contribution in [2.75, 3.05) is 4.90 Å². The van der Waals surface area contributed by atoms with Crippen molar-refractivity contribution in [2.45, 2.75) is 58.5 Å². The second-order valence-corrected chi connectivity index (χ2v) is 8.37. The van der Waals surface area contributed by atoms with Gasteiger partial charge in [-0.05, 0) is 87.6 Å². The van der Waals surface area contributed by atoms with Crippen LogP contribution in [0.1, 0.15) is 58.1 Å². The number of anilines is 1. The Bertz CT molecular complexity index is 775. The van der Waals surface area contributed by atoms with Gasteiger partial charge in [0.1, 0.15) is 0 Å². The maximum Gasteiger partial charge on any atom is 0.0630 e. The Morgan fingerprint density at radius 2 is 1.84 bits per heavy atom. The van der Waals surface area contributed by atoms with Gasteiger partial charge in [0.2, 0.25) is 0 Å². The van der Waals surface area contributed by atoms with Crippen LogP contribution >= 0.6 is 11.6 Å². The lowest BCUT2D eigenvalue weighted by Crippen LogP contribution is -2.51. The first-order valence-corrected chi connectivity index (χ1v) is 9.38. The summed E-state index contributed by atoms with van der Waals surface area (Å²) in [6.07, 6.45) is 3.10. The lowest BCUT2D eigenvalue weighted by atomic mass is 9.79. The smallest absolute Gasteiger partial charge is 0.0630 e. The number of hydrogen-bond acceptors (Lipinski definition) is 2. The molecule has 1 aliphatic rings. The van der Waals surface area contributed by atoms with E-state index in [1.165, 1.54) is 11.3 Å². The van der Waals surface area contributed by atoms with Crippen LogP contribution in [0, 0.1) is 0 Å². The van der Waals surface area contributed by atoms with E-state index in [2.05, 4.69) is 62.7 Å². The molecule has 0 fully saturated rings. The minimum absolute atomic E-state index is 0.180. The third kappa shape index (κ3) is 3.74. The molecule has 0 saturated carbocycles. The van der Waals surface area contributed by atoms with Crippen molar-refractivity contribution in [3.63, 3.8) is 0 Å². The average Bonchev–Trinajstić information content (AvgIpc) is 2.53. The highest BCUT2D eigenvalue weighted by molar-refractivity contribution is 6.30. The van der Waals surface area contributed by atoms with E-state index in [0.717, 1.165) is 22.7 Å². The molecule has 0 unspecified atom stereocenters. The fourth-order valence-corrected chi connectivity index (χ4v) is 4.33. The predicted octanol–water partition coefficient (Wildman–Crippen LogP) is 6.59. The summed E-state index contributed by atoms with van der Waals surface area (Å²) in [6, 6.07) is 14.8. The van der Waals surface area contributed by atoms with E-state index in [1.54, 1.807) is 0 Å². The number of hydrogen-bond donors (Lipinski definition) is 0. The first-order valence-electron chi connectivity index (χ1n) is 9.01. The molecule has 0 spiro atoms. The molecule has 1 atom stereocenters. The molecule has 2 aromatic carbocycles. The summed E-state index contributed by atoms with van der Waals surface area (Å²) in [4.78, 5) is 7.14. The fraction of sp³-hybridized carbons (Fsp3) is 0.409. The van der Waals surface area contributed by atoms with E-state index < -0.39 is 0 Å². The molecule has 0 amide bonds. The molecule has 0 aromatic heterocycles. The Morgan fingerprint density at radius 1 is 1.16 bits per heavy atom. The Labute approximate surface area is 156 Å². The topological polar surface area (TPSA) is 15.6 Å². The minimum Gasteiger partial charge on any atom is -0.364 e. The minimum atomic E-state index is 0.180. The van der Waals surface area contributed by atoms with Crippen molar-refractivity contribution in [1.82, 2.24) is 0 Å². The van der Waals surface area contributed by atoms with Crippen molar-refractivity contribution in [3.8, 4) is 0 Å². The van der Waals surface area contributed by atoms with Gasteiger partial charge in [0, 0.05) is 28.5 Å². The first-order chi connectivity index (χ1) is 11.8. The van der Waals surface area contributed by atoms with Crippen molar-refractivity contribution in [2.24, 2.45) is 4.99 Å². The van der Waals surface area contributed by atoms with Gasteiger partial charge in [0.05, 0.1) is 5.69 Å². The molecule has 0 radical (unpaired) electrons. The highest BCUT2D eigenvalue weighted by Crippen LogP contribution is 2.44. The van der Waals surface area contributed by atoms with Crippen LogP contribution in [0.5, 0.6) is 0 Å². The molecule has 0 N–H and O–H groups in total. The normalized spacial score (nSPS) is 19.5. The molecule has 3 heteroatoms. The second-order valence-electron chi connectivity index (χ2n) is 7.93. The third-order valence-electron chi connectivity index (χ3n) is 5.01. The summed E-state index contributed by atoms with van der Waals surface area (Å²) < 4.78 is 0. The molecule has 2 aromatic rings. The number of fused-ring (bicyclic) bond motifs is 1. The van der Waals surface area contributed by atoms with Gasteiger partial charge in [-0.15, -0.1) is 0 Å². The van der Waals surface area contributed by atoms with E-state index in [1.807, 2.05) is 30.5 Å². The predicted molar refractivity (Wildman–Crippen MR) is 110 cm³/mol. The Morgan fingerprint density at radius 3 is 2.48 bits per heavy atom.